The second kappa shape index (κ2) is 43.3. The van der Waals surface area contributed by atoms with Crippen molar-refractivity contribution in [3.63, 3.8) is 0 Å². The zero-order chi connectivity index (χ0) is 40.1. The third-order valence-electron chi connectivity index (χ3n) is 8.92. The smallest absolute Gasteiger partial charge is 0.309 e. The van der Waals surface area contributed by atoms with E-state index in [0.29, 0.717) is 12.8 Å². The topological polar surface area (TPSA) is 78.9 Å². The van der Waals surface area contributed by atoms with Crippen molar-refractivity contribution in [2.24, 2.45) is 0 Å². The van der Waals surface area contributed by atoms with E-state index in [4.69, 9.17) is 14.2 Å². The molecule has 0 fully saturated rings. The van der Waals surface area contributed by atoms with Crippen molar-refractivity contribution in [2.75, 3.05) is 13.2 Å². The van der Waals surface area contributed by atoms with E-state index in [-0.39, 0.29) is 31.6 Å². The van der Waals surface area contributed by atoms with Crippen LogP contribution in [0.1, 0.15) is 188 Å². The Bertz CT molecular complexity index is 1110. The minimum Gasteiger partial charge on any atom is -0.462 e. The SMILES string of the molecule is CC/C=C\C/C=C\C/C=C\C/C=C\C/C=C\CC(=O)OCC(COC(=O)CCCCCCCCC)OC(=O)CCCCCCC/C=C\C/C=C\CCCCC. The summed E-state index contributed by atoms with van der Waals surface area (Å²) in [6.07, 6.45) is 54.6. The van der Waals surface area contributed by atoms with Crippen molar-refractivity contribution in [2.45, 2.75) is 194 Å². The van der Waals surface area contributed by atoms with Crippen molar-refractivity contribution in [1.82, 2.24) is 0 Å². The fourth-order valence-electron chi connectivity index (χ4n) is 5.60. The van der Waals surface area contributed by atoms with Crippen LogP contribution in [0.4, 0.5) is 0 Å². The molecule has 312 valence electrons. The van der Waals surface area contributed by atoms with Gasteiger partial charge in [-0.15, -0.1) is 0 Å². The highest BCUT2D eigenvalue weighted by atomic mass is 16.6. The highest BCUT2D eigenvalue weighted by Crippen LogP contribution is 2.12. The normalized spacial score (nSPS) is 12.9. The number of esters is 3. The van der Waals surface area contributed by atoms with Gasteiger partial charge < -0.3 is 14.2 Å². The molecule has 0 amide bonds. The summed E-state index contributed by atoms with van der Waals surface area (Å²) in [5, 5.41) is 0. The van der Waals surface area contributed by atoms with Crippen molar-refractivity contribution < 1.29 is 28.6 Å². The van der Waals surface area contributed by atoms with E-state index < -0.39 is 12.1 Å². The number of carbonyl (C=O) groups excluding carboxylic acids is 3. The van der Waals surface area contributed by atoms with Gasteiger partial charge >= 0.3 is 17.9 Å². The number of ether oxygens (including phenoxy) is 3. The average Bonchev–Trinajstić information content (AvgIpc) is 3.18. The van der Waals surface area contributed by atoms with Gasteiger partial charge in [0, 0.05) is 12.8 Å². The molecule has 0 aromatic heterocycles. The first kappa shape index (κ1) is 51.6. The predicted octanol–water partition coefficient (Wildman–Crippen LogP) is 14.1. The van der Waals surface area contributed by atoms with Gasteiger partial charge in [0.25, 0.3) is 0 Å². The summed E-state index contributed by atoms with van der Waals surface area (Å²) < 4.78 is 16.5. The largest absolute Gasteiger partial charge is 0.462 e. The molecule has 0 aromatic carbocycles. The Labute approximate surface area is 337 Å². The Morgan fingerprint density at radius 1 is 0.400 bits per heavy atom. The fourth-order valence-corrected chi connectivity index (χ4v) is 5.60. The van der Waals surface area contributed by atoms with Gasteiger partial charge in [-0.2, -0.15) is 0 Å². The molecular weight excluding hydrogens is 685 g/mol. The maximum atomic E-state index is 12.7. The fraction of sp³-hybridized carbons (Fsp3) is 0.653. The number of allylic oxidation sites excluding steroid dienone is 13. The summed E-state index contributed by atoms with van der Waals surface area (Å²) in [5.41, 5.74) is 0. The predicted molar refractivity (Wildman–Crippen MR) is 233 cm³/mol. The molecule has 0 saturated heterocycles. The summed E-state index contributed by atoms with van der Waals surface area (Å²) in [5.74, 6) is -1.08. The van der Waals surface area contributed by atoms with Crippen LogP contribution in [0.3, 0.4) is 0 Å². The molecule has 0 aromatic rings. The van der Waals surface area contributed by atoms with E-state index >= 15 is 0 Å². The highest BCUT2D eigenvalue weighted by molar-refractivity contribution is 5.72. The number of hydrogen-bond acceptors (Lipinski definition) is 6. The summed E-state index contributed by atoms with van der Waals surface area (Å²) in [7, 11) is 0. The first-order chi connectivity index (χ1) is 27.0. The van der Waals surface area contributed by atoms with Crippen LogP contribution >= 0.6 is 0 Å². The maximum Gasteiger partial charge on any atom is 0.309 e. The minimum atomic E-state index is -0.819. The first-order valence-electron chi connectivity index (χ1n) is 22.1. The Hall–Kier alpha value is -3.41. The summed E-state index contributed by atoms with van der Waals surface area (Å²) in [6, 6.07) is 0. The van der Waals surface area contributed by atoms with Crippen molar-refractivity contribution >= 4 is 17.9 Å². The van der Waals surface area contributed by atoms with Gasteiger partial charge in [-0.25, -0.2) is 0 Å². The van der Waals surface area contributed by atoms with Crippen LogP contribution in [0.5, 0.6) is 0 Å². The summed E-state index contributed by atoms with van der Waals surface area (Å²) in [6.45, 7) is 6.32. The lowest BCUT2D eigenvalue weighted by atomic mass is 10.1. The highest BCUT2D eigenvalue weighted by Gasteiger charge is 2.19. The average molecular weight is 765 g/mol. The van der Waals surface area contributed by atoms with Crippen LogP contribution in [0.15, 0.2) is 85.1 Å². The van der Waals surface area contributed by atoms with Crippen LogP contribution in [-0.4, -0.2) is 37.2 Å². The lowest BCUT2D eigenvalue weighted by molar-refractivity contribution is -0.166. The van der Waals surface area contributed by atoms with E-state index in [0.717, 1.165) is 96.3 Å². The summed E-state index contributed by atoms with van der Waals surface area (Å²) in [4.78, 5) is 37.5. The van der Waals surface area contributed by atoms with E-state index in [1.165, 1.54) is 51.4 Å². The minimum absolute atomic E-state index is 0.113. The molecule has 55 heavy (non-hydrogen) atoms. The lowest BCUT2D eigenvalue weighted by Crippen LogP contribution is -2.30. The molecule has 0 saturated carbocycles. The molecule has 1 unspecified atom stereocenters. The molecule has 0 aliphatic heterocycles. The molecular formula is C49H80O6. The molecule has 0 bridgehead atoms. The third-order valence-corrected chi connectivity index (χ3v) is 8.92. The van der Waals surface area contributed by atoms with Crippen LogP contribution in [-0.2, 0) is 28.6 Å². The Kier molecular flexibility index (Phi) is 40.6. The number of rotatable bonds is 38. The molecule has 0 radical (unpaired) electrons. The Morgan fingerprint density at radius 2 is 0.782 bits per heavy atom. The molecule has 6 nitrogen and oxygen atoms in total. The van der Waals surface area contributed by atoms with Crippen molar-refractivity contribution in [1.29, 1.82) is 0 Å². The van der Waals surface area contributed by atoms with Gasteiger partial charge in [-0.3, -0.25) is 14.4 Å². The molecule has 0 aliphatic carbocycles. The van der Waals surface area contributed by atoms with Gasteiger partial charge in [0.1, 0.15) is 13.2 Å². The van der Waals surface area contributed by atoms with Gasteiger partial charge in [0.05, 0.1) is 6.42 Å². The molecule has 6 heteroatoms. The third kappa shape index (κ3) is 41.6. The van der Waals surface area contributed by atoms with Crippen LogP contribution < -0.4 is 0 Å². The second-order valence-electron chi connectivity index (χ2n) is 14.2. The number of unbranched alkanes of at least 4 members (excludes halogenated alkanes) is 14. The van der Waals surface area contributed by atoms with Gasteiger partial charge in [0.15, 0.2) is 6.10 Å². The van der Waals surface area contributed by atoms with Crippen LogP contribution in [0, 0.1) is 0 Å². The van der Waals surface area contributed by atoms with E-state index in [1.54, 1.807) is 6.08 Å². The number of hydrogen-bond donors (Lipinski definition) is 0. The van der Waals surface area contributed by atoms with Gasteiger partial charge in [-0.1, -0.05) is 176 Å². The van der Waals surface area contributed by atoms with Gasteiger partial charge in [0.2, 0.25) is 0 Å². The zero-order valence-electron chi connectivity index (χ0n) is 35.4. The maximum absolute atomic E-state index is 12.7. The van der Waals surface area contributed by atoms with Crippen LogP contribution in [0.25, 0.3) is 0 Å². The van der Waals surface area contributed by atoms with E-state index in [1.807, 2.05) is 6.08 Å². The molecule has 0 spiro atoms. The molecule has 1 atom stereocenters. The monoisotopic (exact) mass is 765 g/mol. The quantitative estimate of drug-likeness (QED) is 0.0270. The van der Waals surface area contributed by atoms with E-state index in [9.17, 15) is 14.4 Å². The first-order valence-corrected chi connectivity index (χ1v) is 22.1. The van der Waals surface area contributed by atoms with E-state index in [2.05, 4.69) is 93.7 Å². The zero-order valence-corrected chi connectivity index (χ0v) is 35.4. The molecule has 0 N–H and O–H groups in total. The van der Waals surface area contributed by atoms with Crippen LogP contribution in [0.2, 0.25) is 0 Å². The summed E-state index contributed by atoms with van der Waals surface area (Å²) >= 11 is 0. The second-order valence-corrected chi connectivity index (χ2v) is 14.2. The van der Waals surface area contributed by atoms with Gasteiger partial charge in [-0.05, 0) is 77.0 Å². The Morgan fingerprint density at radius 3 is 1.31 bits per heavy atom. The van der Waals surface area contributed by atoms with Crippen molar-refractivity contribution in [3.8, 4) is 0 Å². The standard InChI is InChI=1S/C49H80O6/c1-4-7-10-13-16-18-20-22-24-26-28-30-33-36-39-42-48(51)54-45-46(44-53-47(50)41-38-35-32-15-12-9-6-3)55-49(52)43-40-37-34-31-29-27-25-23-21-19-17-14-11-8-5-2/h7,10,16-19,22-25,28,30,36,39,46H,4-6,8-9,11-15,20-21,26-27,29,31-35,37-38,40-45H2,1-3H3/b10-7-,18-16-,19-17-,24-22-,25-23-,30-28-,39-36-. The molecule has 0 rings (SSSR count). The lowest BCUT2D eigenvalue weighted by Gasteiger charge is -2.18. The van der Waals surface area contributed by atoms with Crippen molar-refractivity contribution in [3.05, 3.63) is 85.1 Å². The number of carbonyl (C=O) groups is 3. The molecule has 0 heterocycles. The molecule has 0 aliphatic rings. The Balaban J connectivity index is 4.50.